The Morgan fingerprint density at radius 3 is 2.83 bits per heavy atom. The third kappa shape index (κ3) is 3.39. The minimum Gasteiger partial charge on any atom is -0.380 e. The van der Waals surface area contributed by atoms with Crippen LogP contribution in [0.3, 0.4) is 0 Å². The zero-order valence-corrected chi connectivity index (χ0v) is 17.5. The van der Waals surface area contributed by atoms with Crippen LogP contribution in [0.2, 0.25) is 0 Å². The summed E-state index contributed by atoms with van der Waals surface area (Å²) in [5.41, 5.74) is 4.13. The number of halogens is 1. The molecule has 0 bridgehead atoms. The molecule has 5 nitrogen and oxygen atoms in total. The van der Waals surface area contributed by atoms with E-state index in [0.29, 0.717) is 6.54 Å². The highest BCUT2D eigenvalue weighted by Gasteiger charge is 2.49. The van der Waals surface area contributed by atoms with Crippen LogP contribution in [0, 0.1) is 17.2 Å². The second-order valence-corrected chi connectivity index (χ2v) is 8.56. The van der Waals surface area contributed by atoms with E-state index in [1.165, 1.54) is 17.7 Å². The summed E-state index contributed by atoms with van der Waals surface area (Å²) in [6.45, 7) is 4.77. The predicted octanol–water partition coefficient (Wildman–Crippen LogP) is 3.86. The lowest BCUT2D eigenvalue weighted by atomic mass is 9.69. The van der Waals surface area contributed by atoms with Crippen molar-refractivity contribution in [3.05, 3.63) is 53.1 Å². The van der Waals surface area contributed by atoms with Crippen molar-refractivity contribution in [3.8, 4) is 5.69 Å². The highest BCUT2D eigenvalue weighted by molar-refractivity contribution is 5.82. The van der Waals surface area contributed by atoms with Crippen molar-refractivity contribution in [1.29, 1.82) is 0 Å². The number of fused-ring (bicyclic) bond motifs is 2. The maximum Gasteiger partial charge on any atom is 0.226 e. The number of hydrogen-bond donors (Lipinski definition) is 0. The summed E-state index contributed by atoms with van der Waals surface area (Å²) < 4.78 is 20.5. The zero-order valence-electron chi connectivity index (χ0n) is 17.5. The molecular weight excluding hydrogens is 369 g/mol. The first-order valence-corrected chi connectivity index (χ1v) is 10.1. The topological polar surface area (TPSA) is 47.4 Å². The van der Waals surface area contributed by atoms with Gasteiger partial charge in [0, 0.05) is 32.0 Å². The van der Waals surface area contributed by atoms with E-state index in [1.807, 2.05) is 29.7 Å². The van der Waals surface area contributed by atoms with Crippen LogP contribution in [0.1, 0.15) is 37.9 Å². The van der Waals surface area contributed by atoms with Crippen molar-refractivity contribution in [2.45, 2.75) is 39.2 Å². The van der Waals surface area contributed by atoms with E-state index in [9.17, 15) is 9.18 Å². The molecule has 0 unspecified atom stereocenters. The Kier molecular flexibility index (Phi) is 5.07. The zero-order chi connectivity index (χ0) is 20.8. The fourth-order valence-electron chi connectivity index (χ4n) is 4.84. The van der Waals surface area contributed by atoms with Gasteiger partial charge in [0.15, 0.2) is 0 Å². The molecule has 154 valence electrons. The van der Waals surface area contributed by atoms with Crippen LogP contribution in [-0.4, -0.2) is 47.4 Å². The van der Waals surface area contributed by atoms with E-state index >= 15 is 0 Å². The summed E-state index contributed by atoms with van der Waals surface area (Å²) in [7, 11) is 3.53. The normalized spacial score (nSPS) is 23.9. The summed E-state index contributed by atoms with van der Waals surface area (Å²) in [6.07, 6.45) is 6.66. The highest BCUT2D eigenvalue weighted by atomic mass is 19.1. The number of likely N-dealkylation sites (N-methyl/N-ethyl adjacent to an activating group) is 1. The van der Waals surface area contributed by atoms with E-state index in [2.05, 4.69) is 18.1 Å². The van der Waals surface area contributed by atoms with Gasteiger partial charge in [0.25, 0.3) is 0 Å². The molecule has 2 aliphatic carbocycles. The molecule has 1 saturated carbocycles. The SMILES string of the molecule is CO[C@H](C)CN(C)C(=O)[C@H]1CCC2=Cc3c(cnn3-c3ccc(F)cc3)C[C@@]21C. The minimum atomic E-state index is -0.259. The predicted molar refractivity (Wildman–Crippen MR) is 110 cm³/mol. The number of nitrogens with zero attached hydrogens (tertiary/aromatic N) is 3. The molecule has 0 radical (unpaired) electrons. The number of methoxy groups -OCH3 is 1. The first-order chi connectivity index (χ1) is 13.8. The molecule has 1 amide bonds. The lowest BCUT2D eigenvalue weighted by molar-refractivity contribution is -0.138. The van der Waals surface area contributed by atoms with E-state index < -0.39 is 0 Å². The van der Waals surface area contributed by atoms with Crippen LogP contribution < -0.4 is 0 Å². The standard InChI is InChI=1S/C23H28FN3O2/c1-15(29-4)14-26(3)22(28)20-10-5-17-11-21-16(12-23(17,20)2)13-25-27(21)19-8-6-18(24)7-9-19/h6-9,11,13,15,20H,5,10,12,14H2,1-4H3/t15-,20-,23+/m1/s1. The number of amides is 1. The van der Waals surface area contributed by atoms with Gasteiger partial charge in [-0.25, -0.2) is 9.07 Å². The summed E-state index contributed by atoms with van der Waals surface area (Å²) >= 11 is 0. The van der Waals surface area contributed by atoms with Gasteiger partial charge in [-0.1, -0.05) is 12.5 Å². The van der Waals surface area contributed by atoms with Gasteiger partial charge in [0.2, 0.25) is 5.91 Å². The summed E-state index contributed by atoms with van der Waals surface area (Å²) in [5, 5.41) is 4.55. The Bertz CT molecular complexity index is 950. The highest BCUT2D eigenvalue weighted by Crippen LogP contribution is 2.53. The molecule has 1 aromatic heterocycles. The maximum absolute atomic E-state index is 13.3. The molecule has 6 heteroatoms. The van der Waals surface area contributed by atoms with Crippen LogP contribution in [0.25, 0.3) is 11.8 Å². The van der Waals surface area contributed by atoms with Gasteiger partial charge in [-0.15, -0.1) is 0 Å². The third-order valence-electron chi connectivity index (χ3n) is 6.64. The minimum absolute atomic E-state index is 0.0140. The number of carbonyl (C=O) groups is 1. The monoisotopic (exact) mass is 397 g/mol. The second-order valence-electron chi connectivity index (χ2n) is 8.56. The molecule has 1 fully saturated rings. The lowest BCUT2D eigenvalue weighted by Crippen LogP contribution is -2.43. The summed E-state index contributed by atoms with van der Waals surface area (Å²) in [6, 6.07) is 6.37. The molecule has 0 N–H and O–H groups in total. The van der Waals surface area contributed by atoms with Crippen LogP contribution in [0.5, 0.6) is 0 Å². The smallest absolute Gasteiger partial charge is 0.226 e. The average molecular weight is 397 g/mol. The number of ether oxygens (including phenoxy) is 1. The Labute approximate surface area is 171 Å². The van der Waals surface area contributed by atoms with Gasteiger partial charge in [0.05, 0.1) is 23.7 Å². The van der Waals surface area contributed by atoms with Gasteiger partial charge in [-0.3, -0.25) is 4.79 Å². The summed E-state index contributed by atoms with van der Waals surface area (Å²) in [4.78, 5) is 15.0. The molecule has 0 saturated heterocycles. The number of rotatable bonds is 5. The van der Waals surface area contributed by atoms with E-state index in [0.717, 1.165) is 36.2 Å². The van der Waals surface area contributed by atoms with Crippen LogP contribution in [-0.2, 0) is 16.0 Å². The Morgan fingerprint density at radius 1 is 1.41 bits per heavy atom. The Hall–Kier alpha value is -2.47. The fourth-order valence-corrected chi connectivity index (χ4v) is 4.84. The molecule has 4 rings (SSSR count). The van der Waals surface area contributed by atoms with Crippen LogP contribution in [0.15, 0.2) is 36.0 Å². The average Bonchev–Trinajstić information content (AvgIpc) is 3.25. The first-order valence-electron chi connectivity index (χ1n) is 10.1. The number of aromatic nitrogens is 2. The van der Waals surface area contributed by atoms with Crippen molar-refractivity contribution in [2.75, 3.05) is 20.7 Å². The van der Waals surface area contributed by atoms with Gasteiger partial charge in [0.1, 0.15) is 5.82 Å². The van der Waals surface area contributed by atoms with Gasteiger partial charge in [-0.2, -0.15) is 5.10 Å². The maximum atomic E-state index is 13.3. The van der Waals surface area contributed by atoms with Crippen molar-refractivity contribution < 1.29 is 13.9 Å². The molecule has 29 heavy (non-hydrogen) atoms. The van der Waals surface area contributed by atoms with Crippen molar-refractivity contribution in [3.63, 3.8) is 0 Å². The molecule has 1 heterocycles. The fraction of sp³-hybridized carbons (Fsp3) is 0.478. The van der Waals surface area contributed by atoms with Gasteiger partial charge < -0.3 is 9.64 Å². The largest absolute Gasteiger partial charge is 0.380 e. The lowest BCUT2D eigenvalue weighted by Gasteiger charge is -2.37. The molecule has 2 aromatic rings. The van der Waals surface area contributed by atoms with Crippen molar-refractivity contribution in [2.24, 2.45) is 11.3 Å². The first kappa shape index (κ1) is 19.8. The summed E-state index contributed by atoms with van der Waals surface area (Å²) in [5.74, 6) is -0.107. The van der Waals surface area contributed by atoms with Crippen molar-refractivity contribution >= 4 is 12.0 Å². The van der Waals surface area contributed by atoms with Gasteiger partial charge in [-0.05, 0) is 62.1 Å². The van der Waals surface area contributed by atoms with Crippen LogP contribution in [0.4, 0.5) is 4.39 Å². The molecule has 1 aromatic carbocycles. The number of carbonyl (C=O) groups excluding carboxylic acids is 1. The molecule has 3 atom stereocenters. The molecule has 2 aliphatic rings. The number of hydrogen-bond acceptors (Lipinski definition) is 3. The molecular formula is C23H28FN3O2. The Morgan fingerprint density at radius 2 is 2.14 bits per heavy atom. The van der Waals surface area contributed by atoms with Crippen molar-refractivity contribution in [1.82, 2.24) is 14.7 Å². The van der Waals surface area contributed by atoms with Gasteiger partial charge >= 0.3 is 0 Å². The Balaban J connectivity index is 1.61. The van der Waals surface area contributed by atoms with E-state index in [1.54, 1.807) is 19.2 Å². The quantitative estimate of drug-likeness (QED) is 0.770. The number of benzene rings is 1. The van der Waals surface area contributed by atoms with E-state index in [4.69, 9.17) is 4.74 Å². The molecule has 0 aliphatic heterocycles. The van der Waals surface area contributed by atoms with E-state index in [-0.39, 0.29) is 29.2 Å². The van der Waals surface area contributed by atoms with Crippen LogP contribution >= 0.6 is 0 Å². The third-order valence-corrected chi connectivity index (χ3v) is 6.64. The second kappa shape index (κ2) is 7.41. The molecule has 0 spiro atoms. The number of allylic oxidation sites excluding steroid dienone is 1.